The van der Waals surface area contributed by atoms with E-state index >= 15 is 0 Å². The summed E-state index contributed by atoms with van der Waals surface area (Å²) in [5, 5.41) is 0. The number of benzene rings is 1. The van der Waals surface area contributed by atoms with Crippen LogP contribution in [-0.4, -0.2) is 21.7 Å². The van der Waals surface area contributed by atoms with Gasteiger partial charge >= 0.3 is 0 Å². The fraction of sp³-hybridized carbons (Fsp3) is 0.400. The van der Waals surface area contributed by atoms with Gasteiger partial charge in [-0.1, -0.05) is 26.8 Å². The van der Waals surface area contributed by atoms with E-state index in [2.05, 4.69) is 0 Å². The maximum Gasteiger partial charge on any atom is 0.294 e. The lowest BCUT2D eigenvalue weighted by Gasteiger charge is -2.21. The second-order valence-corrected chi connectivity index (χ2v) is 6.99. The Labute approximate surface area is 103 Å². The highest BCUT2D eigenvalue weighted by atomic mass is 32.2. The first-order chi connectivity index (χ1) is 7.53. The standard InChI is InChI=1S/C10H14O5S2/c1-10(2,3)8-5-4-7(16(11)12)6-9(8)17(13,14)15/h4-6H,1-3H3,(H,11,12)(H,13,14,15). The molecular formula is C10H14O5S2. The van der Waals surface area contributed by atoms with Crippen LogP contribution in [0.25, 0.3) is 0 Å². The summed E-state index contributed by atoms with van der Waals surface area (Å²) in [6, 6.07) is 3.82. The molecule has 0 saturated carbocycles. The van der Waals surface area contributed by atoms with E-state index in [-0.39, 0.29) is 9.79 Å². The minimum Gasteiger partial charge on any atom is -0.302 e. The molecule has 1 unspecified atom stereocenters. The van der Waals surface area contributed by atoms with E-state index in [9.17, 15) is 12.6 Å². The quantitative estimate of drug-likeness (QED) is 0.636. The Morgan fingerprint density at radius 3 is 2.12 bits per heavy atom. The predicted molar refractivity (Wildman–Crippen MR) is 64.0 cm³/mol. The van der Waals surface area contributed by atoms with Crippen molar-refractivity contribution < 1.29 is 21.7 Å². The van der Waals surface area contributed by atoms with Gasteiger partial charge in [0.05, 0.1) is 9.79 Å². The van der Waals surface area contributed by atoms with Gasteiger partial charge in [0.15, 0.2) is 11.1 Å². The molecule has 0 bridgehead atoms. The molecule has 0 aromatic heterocycles. The highest BCUT2D eigenvalue weighted by Crippen LogP contribution is 2.30. The van der Waals surface area contributed by atoms with Crippen LogP contribution >= 0.6 is 0 Å². The Balaban J connectivity index is 3.60. The molecule has 1 rings (SSSR count). The van der Waals surface area contributed by atoms with Crippen LogP contribution in [-0.2, 0) is 26.6 Å². The molecule has 0 saturated heterocycles. The molecule has 1 atom stereocenters. The largest absolute Gasteiger partial charge is 0.302 e. The van der Waals surface area contributed by atoms with Crippen LogP contribution in [0.4, 0.5) is 0 Å². The molecule has 1 aromatic carbocycles. The van der Waals surface area contributed by atoms with Gasteiger partial charge in [-0.25, -0.2) is 4.21 Å². The summed E-state index contributed by atoms with van der Waals surface area (Å²) in [4.78, 5) is -0.393. The molecule has 1 aromatic rings. The Morgan fingerprint density at radius 1 is 1.24 bits per heavy atom. The predicted octanol–water partition coefficient (Wildman–Crippen LogP) is 1.81. The second-order valence-electron chi connectivity index (χ2n) is 4.63. The third-order valence-electron chi connectivity index (χ3n) is 2.24. The zero-order chi connectivity index (χ0) is 13.4. The van der Waals surface area contributed by atoms with Crippen molar-refractivity contribution in [1.82, 2.24) is 0 Å². The van der Waals surface area contributed by atoms with E-state index in [1.165, 1.54) is 12.1 Å². The van der Waals surface area contributed by atoms with E-state index < -0.39 is 26.6 Å². The van der Waals surface area contributed by atoms with Crippen LogP contribution < -0.4 is 0 Å². The number of rotatable bonds is 2. The normalized spacial score (nSPS) is 14.6. The summed E-state index contributed by atoms with van der Waals surface area (Å²) in [5.74, 6) is 0. The van der Waals surface area contributed by atoms with Gasteiger partial charge in [0.25, 0.3) is 10.1 Å². The van der Waals surface area contributed by atoms with Crippen molar-refractivity contribution in [3.05, 3.63) is 23.8 Å². The van der Waals surface area contributed by atoms with Crippen LogP contribution in [0, 0.1) is 0 Å². The molecule has 5 nitrogen and oxygen atoms in total. The lowest BCUT2D eigenvalue weighted by molar-refractivity contribution is 0.475. The van der Waals surface area contributed by atoms with Gasteiger partial charge in [-0.05, 0) is 23.1 Å². The van der Waals surface area contributed by atoms with E-state index in [4.69, 9.17) is 9.11 Å². The Bertz CT molecular complexity index is 555. The lowest BCUT2D eigenvalue weighted by Crippen LogP contribution is -2.17. The first-order valence-corrected chi connectivity index (χ1v) is 7.31. The van der Waals surface area contributed by atoms with Crippen LogP contribution in [0.15, 0.2) is 28.0 Å². The van der Waals surface area contributed by atoms with Crippen molar-refractivity contribution in [1.29, 1.82) is 0 Å². The molecule has 96 valence electrons. The smallest absolute Gasteiger partial charge is 0.294 e. The summed E-state index contributed by atoms with van der Waals surface area (Å²) in [7, 11) is -4.42. The van der Waals surface area contributed by atoms with Crippen molar-refractivity contribution >= 4 is 21.2 Å². The Kier molecular flexibility index (Phi) is 3.78. The Morgan fingerprint density at radius 2 is 1.76 bits per heavy atom. The molecule has 0 aliphatic rings. The molecule has 17 heavy (non-hydrogen) atoms. The topological polar surface area (TPSA) is 91.7 Å². The van der Waals surface area contributed by atoms with E-state index in [0.29, 0.717) is 5.56 Å². The van der Waals surface area contributed by atoms with Gasteiger partial charge < -0.3 is 4.55 Å². The molecule has 0 radical (unpaired) electrons. The monoisotopic (exact) mass is 278 g/mol. The number of hydrogen-bond donors (Lipinski definition) is 2. The molecule has 0 heterocycles. The zero-order valence-electron chi connectivity index (χ0n) is 9.67. The first-order valence-electron chi connectivity index (χ1n) is 4.76. The lowest BCUT2D eigenvalue weighted by atomic mass is 9.87. The molecule has 0 aliphatic heterocycles. The summed E-state index contributed by atoms with van der Waals surface area (Å²) in [6.07, 6.45) is 0. The third kappa shape index (κ3) is 3.35. The highest BCUT2D eigenvalue weighted by Gasteiger charge is 2.25. The van der Waals surface area contributed by atoms with E-state index in [1.54, 1.807) is 20.8 Å². The van der Waals surface area contributed by atoms with Gasteiger partial charge in [-0.3, -0.25) is 4.55 Å². The van der Waals surface area contributed by atoms with Crippen molar-refractivity contribution in [3.8, 4) is 0 Å². The summed E-state index contributed by atoms with van der Waals surface area (Å²) in [6.45, 7) is 5.35. The van der Waals surface area contributed by atoms with Crippen LogP contribution in [0.3, 0.4) is 0 Å². The molecule has 0 fully saturated rings. The van der Waals surface area contributed by atoms with E-state index in [0.717, 1.165) is 6.07 Å². The highest BCUT2D eigenvalue weighted by molar-refractivity contribution is 7.86. The van der Waals surface area contributed by atoms with Crippen molar-refractivity contribution in [2.24, 2.45) is 0 Å². The fourth-order valence-electron chi connectivity index (χ4n) is 1.44. The summed E-state index contributed by atoms with van der Waals surface area (Å²) >= 11 is -2.28. The van der Waals surface area contributed by atoms with Crippen LogP contribution in [0.1, 0.15) is 26.3 Å². The second kappa shape index (κ2) is 4.49. The molecule has 2 N–H and O–H groups in total. The summed E-state index contributed by atoms with van der Waals surface area (Å²) < 4.78 is 51.4. The van der Waals surface area contributed by atoms with Gasteiger partial charge in [-0.15, -0.1) is 0 Å². The minimum absolute atomic E-state index is 0.0642. The van der Waals surface area contributed by atoms with Crippen molar-refractivity contribution in [2.45, 2.75) is 36.0 Å². The summed E-state index contributed by atoms with van der Waals surface area (Å²) in [5.41, 5.74) is -0.102. The first kappa shape index (κ1) is 14.3. The van der Waals surface area contributed by atoms with Crippen LogP contribution in [0.5, 0.6) is 0 Å². The average Bonchev–Trinajstić information content (AvgIpc) is 2.14. The minimum atomic E-state index is -4.42. The maximum absolute atomic E-state index is 11.3. The maximum atomic E-state index is 11.3. The average molecular weight is 278 g/mol. The van der Waals surface area contributed by atoms with Gasteiger partial charge in [-0.2, -0.15) is 8.42 Å². The number of hydrogen-bond acceptors (Lipinski definition) is 3. The Hall–Kier alpha value is -0.760. The van der Waals surface area contributed by atoms with Gasteiger partial charge in [0, 0.05) is 0 Å². The van der Waals surface area contributed by atoms with E-state index in [1.807, 2.05) is 0 Å². The third-order valence-corrected chi connectivity index (χ3v) is 3.79. The molecular weight excluding hydrogens is 264 g/mol. The van der Waals surface area contributed by atoms with Crippen molar-refractivity contribution in [2.75, 3.05) is 0 Å². The van der Waals surface area contributed by atoms with Crippen LogP contribution in [0.2, 0.25) is 0 Å². The zero-order valence-corrected chi connectivity index (χ0v) is 11.3. The molecule has 0 amide bonds. The fourth-order valence-corrected chi connectivity index (χ4v) is 2.85. The molecule has 0 spiro atoms. The van der Waals surface area contributed by atoms with Gasteiger partial charge in [0.2, 0.25) is 0 Å². The molecule has 7 heteroatoms. The van der Waals surface area contributed by atoms with Crippen molar-refractivity contribution in [3.63, 3.8) is 0 Å². The SMILES string of the molecule is CC(C)(C)c1ccc(S(=O)O)cc1S(=O)(=O)O. The van der Waals surface area contributed by atoms with Gasteiger partial charge in [0.1, 0.15) is 0 Å². The molecule has 0 aliphatic carbocycles.